The van der Waals surface area contributed by atoms with Gasteiger partial charge in [0.05, 0.1) is 19.1 Å². The third kappa shape index (κ3) is 3.73. The molecule has 0 fully saturated rings. The molecule has 0 saturated carbocycles. The lowest BCUT2D eigenvalue weighted by Gasteiger charge is -2.12. The van der Waals surface area contributed by atoms with Crippen LogP contribution in [0.5, 0.6) is 17.2 Å². The van der Waals surface area contributed by atoms with Gasteiger partial charge in [-0.1, -0.05) is 30.0 Å². The Morgan fingerprint density at radius 1 is 1.22 bits per heavy atom. The molecule has 2 heterocycles. The average Bonchev–Trinajstić information content (AvgIpc) is 3.36. The van der Waals surface area contributed by atoms with Gasteiger partial charge in [-0.3, -0.25) is 9.79 Å². The van der Waals surface area contributed by atoms with Crippen LogP contribution in [-0.2, 0) is 4.79 Å². The maximum absolute atomic E-state index is 12.6. The second-order valence-corrected chi connectivity index (χ2v) is 7.37. The summed E-state index contributed by atoms with van der Waals surface area (Å²) in [5.41, 5.74) is 1.99. The normalized spacial score (nSPS) is 18.7. The molecule has 0 radical (unpaired) electrons. The van der Waals surface area contributed by atoms with Crippen molar-refractivity contribution >= 4 is 22.8 Å². The second-order valence-electron chi connectivity index (χ2n) is 6.36. The predicted octanol–water partition coefficient (Wildman–Crippen LogP) is 3.49. The highest BCUT2D eigenvalue weighted by Gasteiger charge is 2.25. The summed E-state index contributed by atoms with van der Waals surface area (Å²) in [6.45, 7) is 2.09. The molecule has 2 aliphatic rings. The number of fused-ring (bicyclic) bond motifs is 1. The number of rotatable bonds is 4. The summed E-state index contributed by atoms with van der Waals surface area (Å²) in [5, 5.41) is 3.60. The zero-order valence-electron chi connectivity index (χ0n) is 15.1. The summed E-state index contributed by atoms with van der Waals surface area (Å²) in [6, 6.07) is 13.5. The number of benzene rings is 2. The van der Waals surface area contributed by atoms with E-state index in [0.29, 0.717) is 16.7 Å². The highest BCUT2D eigenvalue weighted by atomic mass is 32.2. The number of carbonyl (C=O) groups is 1. The number of thioether (sulfide) groups is 1. The van der Waals surface area contributed by atoms with E-state index in [-0.39, 0.29) is 24.7 Å². The lowest BCUT2D eigenvalue weighted by molar-refractivity contribution is -0.120. The first-order chi connectivity index (χ1) is 13.1. The van der Waals surface area contributed by atoms with E-state index >= 15 is 0 Å². The quantitative estimate of drug-likeness (QED) is 0.874. The molecule has 0 bridgehead atoms. The number of hydrogen-bond donors (Lipinski definition) is 1. The van der Waals surface area contributed by atoms with Gasteiger partial charge in [0.2, 0.25) is 12.7 Å². The number of hydrogen-bond acceptors (Lipinski definition) is 6. The molecule has 0 spiro atoms. The second kappa shape index (κ2) is 7.52. The van der Waals surface area contributed by atoms with Gasteiger partial charge in [-0.25, -0.2) is 0 Å². The van der Waals surface area contributed by atoms with Crippen LogP contribution >= 0.6 is 11.8 Å². The average molecular weight is 384 g/mol. The largest absolute Gasteiger partial charge is 0.497 e. The maximum Gasteiger partial charge on any atom is 0.233 e. The van der Waals surface area contributed by atoms with Crippen molar-refractivity contribution < 1.29 is 19.0 Å². The van der Waals surface area contributed by atoms with Crippen molar-refractivity contribution in [3.8, 4) is 17.2 Å². The van der Waals surface area contributed by atoms with Gasteiger partial charge in [-0.05, 0) is 42.3 Å². The molecular weight excluding hydrogens is 364 g/mol. The Bertz CT molecular complexity index is 882. The maximum atomic E-state index is 12.6. The Kier molecular flexibility index (Phi) is 4.94. The van der Waals surface area contributed by atoms with Gasteiger partial charge < -0.3 is 19.5 Å². The summed E-state index contributed by atoms with van der Waals surface area (Å²) in [6.07, 6.45) is 0. The Labute approximate surface area is 161 Å². The number of ether oxygens (including phenoxy) is 3. The molecule has 7 heteroatoms. The number of amides is 1. The van der Waals surface area contributed by atoms with Crippen LogP contribution in [0.1, 0.15) is 30.0 Å². The fraction of sp³-hybridized carbons (Fsp3) is 0.300. The van der Waals surface area contributed by atoms with E-state index in [1.54, 1.807) is 18.9 Å². The molecule has 0 saturated heterocycles. The molecule has 27 heavy (non-hydrogen) atoms. The van der Waals surface area contributed by atoms with Crippen molar-refractivity contribution in [1.82, 2.24) is 5.32 Å². The standard InChI is InChI=1S/C20H20N2O4S/c1-12(14-5-8-17-18(9-14)26-11-25-17)19(23)22-20-21-16(10-27-20)13-3-6-15(24-2)7-4-13/h3-9,12,16H,10-11H2,1-2H3,(H,21,22,23). The van der Waals surface area contributed by atoms with Gasteiger partial charge in [0.1, 0.15) is 5.75 Å². The van der Waals surface area contributed by atoms with Crippen molar-refractivity contribution in [2.45, 2.75) is 18.9 Å². The summed E-state index contributed by atoms with van der Waals surface area (Å²) < 4.78 is 15.9. The summed E-state index contributed by atoms with van der Waals surface area (Å²) >= 11 is 1.56. The smallest absolute Gasteiger partial charge is 0.233 e. The number of nitrogens with zero attached hydrogens (tertiary/aromatic N) is 1. The van der Waals surface area contributed by atoms with Gasteiger partial charge in [0.15, 0.2) is 16.7 Å². The van der Waals surface area contributed by atoms with Crippen molar-refractivity contribution in [3.63, 3.8) is 0 Å². The minimum atomic E-state index is -0.317. The summed E-state index contributed by atoms with van der Waals surface area (Å²) in [7, 11) is 1.65. The molecule has 2 aromatic rings. The lowest BCUT2D eigenvalue weighted by Crippen LogP contribution is -2.31. The Morgan fingerprint density at radius 2 is 2.00 bits per heavy atom. The van der Waals surface area contributed by atoms with Crippen LogP contribution in [0.2, 0.25) is 0 Å². The van der Waals surface area contributed by atoms with Crippen molar-refractivity contribution in [2.75, 3.05) is 19.7 Å². The van der Waals surface area contributed by atoms with Crippen LogP contribution in [-0.4, -0.2) is 30.7 Å². The van der Waals surface area contributed by atoms with E-state index in [9.17, 15) is 4.79 Å². The topological polar surface area (TPSA) is 69.2 Å². The minimum absolute atomic E-state index is 0.0389. The Balaban J connectivity index is 1.41. The molecule has 1 N–H and O–H groups in total. The zero-order valence-corrected chi connectivity index (χ0v) is 15.9. The zero-order chi connectivity index (χ0) is 18.8. The van der Waals surface area contributed by atoms with E-state index in [1.165, 1.54) is 0 Å². The van der Waals surface area contributed by atoms with Gasteiger partial charge in [-0.15, -0.1) is 0 Å². The molecule has 1 amide bonds. The first-order valence-corrected chi connectivity index (χ1v) is 9.67. The molecule has 0 aromatic heterocycles. The third-order valence-electron chi connectivity index (χ3n) is 4.67. The SMILES string of the molecule is COc1ccc(C2CSC(NC(=O)C(C)c3ccc4c(c3)OCO4)=N2)cc1. The molecule has 140 valence electrons. The van der Waals surface area contributed by atoms with Crippen molar-refractivity contribution in [2.24, 2.45) is 4.99 Å². The molecule has 2 aliphatic heterocycles. The number of amidine groups is 1. The molecular formula is C20H20N2O4S. The van der Waals surface area contributed by atoms with Crippen LogP contribution in [0.15, 0.2) is 47.5 Å². The van der Waals surface area contributed by atoms with Gasteiger partial charge in [0, 0.05) is 5.75 Å². The van der Waals surface area contributed by atoms with E-state index in [0.717, 1.165) is 22.6 Å². The monoisotopic (exact) mass is 384 g/mol. The Hall–Kier alpha value is -2.67. The fourth-order valence-electron chi connectivity index (χ4n) is 2.99. The summed E-state index contributed by atoms with van der Waals surface area (Å²) in [5.74, 6) is 2.61. The molecule has 6 nitrogen and oxygen atoms in total. The highest BCUT2D eigenvalue weighted by molar-refractivity contribution is 8.14. The van der Waals surface area contributed by atoms with E-state index < -0.39 is 0 Å². The first-order valence-electron chi connectivity index (χ1n) is 8.69. The number of aliphatic imine (C=N–C) groups is 1. The van der Waals surface area contributed by atoms with Gasteiger partial charge >= 0.3 is 0 Å². The van der Waals surface area contributed by atoms with Crippen LogP contribution in [0.25, 0.3) is 0 Å². The van der Waals surface area contributed by atoms with Crippen molar-refractivity contribution in [3.05, 3.63) is 53.6 Å². The van der Waals surface area contributed by atoms with Crippen LogP contribution in [0.3, 0.4) is 0 Å². The lowest BCUT2D eigenvalue weighted by atomic mass is 10.00. The van der Waals surface area contributed by atoms with Gasteiger partial charge in [-0.2, -0.15) is 0 Å². The van der Waals surface area contributed by atoms with E-state index in [4.69, 9.17) is 14.2 Å². The number of methoxy groups -OCH3 is 1. The number of carbonyl (C=O) groups excluding carboxylic acids is 1. The molecule has 0 aliphatic carbocycles. The summed E-state index contributed by atoms with van der Waals surface area (Å²) in [4.78, 5) is 17.3. The Morgan fingerprint density at radius 3 is 2.78 bits per heavy atom. The van der Waals surface area contributed by atoms with E-state index in [2.05, 4.69) is 10.3 Å². The molecule has 2 aromatic carbocycles. The fourth-order valence-corrected chi connectivity index (χ4v) is 3.94. The molecule has 4 rings (SSSR count). The minimum Gasteiger partial charge on any atom is -0.497 e. The third-order valence-corrected chi connectivity index (χ3v) is 5.63. The van der Waals surface area contributed by atoms with Crippen LogP contribution < -0.4 is 19.5 Å². The highest BCUT2D eigenvalue weighted by Crippen LogP contribution is 2.35. The van der Waals surface area contributed by atoms with Crippen LogP contribution in [0, 0.1) is 0 Å². The van der Waals surface area contributed by atoms with Crippen molar-refractivity contribution in [1.29, 1.82) is 0 Å². The molecule has 2 atom stereocenters. The predicted molar refractivity (Wildman–Crippen MR) is 105 cm³/mol. The first kappa shape index (κ1) is 17.7. The van der Waals surface area contributed by atoms with Gasteiger partial charge in [0.25, 0.3) is 0 Å². The molecule has 2 unspecified atom stereocenters. The van der Waals surface area contributed by atoms with Crippen LogP contribution in [0.4, 0.5) is 0 Å². The number of nitrogens with one attached hydrogen (secondary N) is 1. The van der Waals surface area contributed by atoms with E-state index in [1.807, 2.05) is 49.4 Å².